The number of amides is 1. The maximum atomic E-state index is 11.7. The second kappa shape index (κ2) is 3.12. The van der Waals surface area contributed by atoms with E-state index >= 15 is 0 Å². The highest BCUT2D eigenvalue weighted by molar-refractivity contribution is 5.71. The monoisotopic (exact) mass is 196 g/mol. The summed E-state index contributed by atoms with van der Waals surface area (Å²) in [7, 11) is 0. The van der Waals surface area contributed by atoms with Gasteiger partial charge in [-0.3, -0.25) is 4.90 Å². The molecule has 1 saturated carbocycles. The Morgan fingerprint density at radius 3 is 3.07 bits per heavy atom. The van der Waals surface area contributed by atoms with Crippen LogP contribution in [0.5, 0.6) is 0 Å². The summed E-state index contributed by atoms with van der Waals surface area (Å²) in [5, 5.41) is 3.30. The molecule has 3 atom stereocenters. The third-order valence-corrected chi connectivity index (χ3v) is 3.67. The molecule has 2 heterocycles. The van der Waals surface area contributed by atoms with Gasteiger partial charge in [0.05, 0.1) is 6.04 Å². The lowest BCUT2D eigenvalue weighted by Crippen LogP contribution is -2.43. The van der Waals surface area contributed by atoms with E-state index in [1.165, 1.54) is 6.42 Å². The molecule has 3 rings (SSSR count). The third-order valence-electron chi connectivity index (χ3n) is 3.67. The zero-order chi connectivity index (χ0) is 9.54. The van der Waals surface area contributed by atoms with Crippen molar-refractivity contribution in [2.75, 3.05) is 13.1 Å². The molecule has 0 spiro atoms. The van der Waals surface area contributed by atoms with Gasteiger partial charge in [-0.2, -0.15) is 0 Å². The van der Waals surface area contributed by atoms with Crippen LogP contribution in [0.2, 0.25) is 0 Å². The van der Waals surface area contributed by atoms with Crippen LogP contribution in [0.3, 0.4) is 0 Å². The molecule has 1 amide bonds. The summed E-state index contributed by atoms with van der Waals surface area (Å²) in [5.41, 5.74) is 0. The molecule has 0 aromatic rings. The Bertz CT molecular complexity index is 251. The van der Waals surface area contributed by atoms with Gasteiger partial charge in [-0.15, -0.1) is 0 Å². The van der Waals surface area contributed by atoms with E-state index in [0.29, 0.717) is 12.1 Å². The van der Waals surface area contributed by atoms with Crippen molar-refractivity contribution in [2.45, 2.75) is 43.9 Å². The van der Waals surface area contributed by atoms with E-state index < -0.39 is 0 Å². The molecule has 2 aliphatic heterocycles. The number of rotatable bonds is 1. The van der Waals surface area contributed by atoms with Crippen LogP contribution in [0, 0.1) is 0 Å². The van der Waals surface area contributed by atoms with Gasteiger partial charge in [0.1, 0.15) is 6.10 Å². The number of fused-ring (bicyclic) bond motifs is 1. The van der Waals surface area contributed by atoms with Crippen molar-refractivity contribution in [2.24, 2.45) is 0 Å². The standard InChI is InChI=1S/C10H16N2O2/c13-10-12(7-4-5-11-6-7)8-2-1-3-9(8)14-10/h7-9,11H,1-6H2. The molecule has 4 nitrogen and oxygen atoms in total. The average molecular weight is 196 g/mol. The predicted octanol–water partition coefficient (Wildman–Crippen LogP) is 0.722. The van der Waals surface area contributed by atoms with Crippen molar-refractivity contribution in [1.82, 2.24) is 10.2 Å². The van der Waals surface area contributed by atoms with Gasteiger partial charge in [0.15, 0.2) is 0 Å². The van der Waals surface area contributed by atoms with Crippen LogP contribution >= 0.6 is 0 Å². The Balaban J connectivity index is 1.79. The van der Waals surface area contributed by atoms with Gasteiger partial charge in [0.2, 0.25) is 0 Å². The van der Waals surface area contributed by atoms with Crippen LogP contribution in [0.4, 0.5) is 4.79 Å². The Kier molecular flexibility index (Phi) is 1.90. The molecule has 4 heteroatoms. The van der Waals surface area contributed by atoms with Gasteiger partial charge < -0.3 is 10.1 Å². The van der Waals surface area contributed by atoms with Crippen molar-refractivity contribution >= 4 is 6.09 Å². The van der Waals surface area contributed by atoms with Crippen LogP contribution in [-0.4, -0.2) is 42.3 Å². The Hall–Kier alpha value is -0.770. The molecule has 1 aliphatic carbocycles. The van der Waals surface area contributed by atoms with Gasteiger partial charge in [0.25, 0.3) is 0 Å². The van der Waals surface area contributed by atoms with E-state index in [-0.39, 0.29) is 12.2 Å². The molecular formula is C10H16N2O2. The van der Waals surface area contributed by atoms with Gasteiger partial charge in [0, 0.05) is 12.6 Å². The van der Waals surface area contributed by atoms with Crippen molar-refractivity contribution in [3.05, 3.63) is 0 Å². The summed E-state index contributed by atoms with van der Waals surface area (Å²) in [5.74, 6) is 0. The summed E-state index contributed by atoms with van der Waals surface area (Å²) in [6, 6.07) is 0.767. The molecule has 3 unspecified atom stereocenters. The first kappa shape index (κ1) is 8.53. The topological polar surface area (TPSA) is 41.6 Å². The van der Waals surface area contributed by atoms with Gasteiger partial charge in [-0.1, -0.05) is 0 Å². The SMILES string of the molecule is O=C1OC2CCCC2N1C1CCNC1. The van der Waals surface area contributed by atoms with E-state index in [1.54, 1.807) is 0 Å². The molecule has 1 N–H and O–H groups in total. The third kappa shape index (κ3) is 1.13. The Morgan fingerprint density at radius 1 is 1.36 bits per heavy atom. The van der Waals surface area contributed by atoms with E-state index in [4.69, 9.17) is 4.74 Å². The van der Waals surface area contributed by atoms with Crippen molar-refractivity contribution in [3.8, 4) is 0 Å². The van der Waals surface area contributed by atoms with E-state index in [0.717, 1.165) is 32.4 Å². The molecule has 14 heavy (non-hydrogen) atoms. The van der Waals surface area contributed by atoms with Crippen LogP contribution in [0.25, 0.3) is 0 Å². The Labute approximate surface area is 83.6 Å². The van der Waals surface area contributed by atoms with Crippen LogP contribution in [-0.2, 0) is 4.74 Å². The maximum absolute atomic E-state index is 11.7. The van der Waals surface area contributed by atoms with Gasteiger partial charge in [-0.25, -0.2) is 4.79 Å². The summed E-state index contributed by atoms with van der Waals surface area (Å²) >= 11 is 0. The zero-order valence-corrected chi connectivity index (χ0v) is 8.24. The first-order valence-corrected chi connectivity index (χ1v) is 5.56. The van der Waals surface area contributed by atoms with Crippen molar-refractivity contribution < 1.29 is 9.53 Å². The molecule has 0 bridgehead atoms. The number of ether oxygens (including phenoxy) is 1. The van der Waals surface area contributed by atoms with Gasteiger partial charge >= 0.3 is 6.09 Å². The fourth-order valence-corrected chi connectivity index (χ4v) is 2.98. The molecule has 0 aromatic carbocycles. The van der Waals surface area contributed by atoms with E-state index in [9.17, 15) is 4.79 Å². The second-order valence-electron chi connectivity index (χ2n) is 4.47. The fraction of sp³-hybridized carbons (Fsp3) is 0.900. The number of hydrogen-bond donors (Lipinski definition) is 1. The molecular weight excluding hydrogens is 180 g/mol. The minimum Gasteiger partial charge on any atom is -0.444 e. The van der Waals surface area contributed by atoms with E-state index in [2.05, 4.69) is 5.32 Å². The maximum Gasteiger partial charge on any atom is 0.410 e. The summed E-state index contributed by atoms with van der Waals surface area (Å²) < 4.78 is 5.37. The molecule has 3 fully saturated rings. The largest absolute Gasteiger partial charge is 0.444 e. The van der Waals surface area contributed by atoms with Crippen LogP contribution < -0.4 is 5.32 Å². The summed E-state index contributed by atoms with van der Waals surface area (Å²) in [4.78, 5) is 13.6. The van der Waals surface area contributed by atoms with Crippen LogP contribution in [0.1, 0.15) is 25.7 Å². The summed E-state index contributed by atoms with van der Waals surface area (Å²) in [6.45, 7) is 1.98. The molecule has 78 valence electrons. The van der Waals surface area contributed by atoms with E-state index in [1.807, 2.05) is 4.90 Å². The zero-order valence-electron chi connectivity index (χ0n) is 8.24. The number of nitrogens with zero attached hydrogens (tertiary/aromatic N) is 1. The lowest BCUT2D eigenvalue weighted by atomic mass is 10.1. The number of hydrogen-bond acceptors (Lipinski definition) is 3. The lowest BCUT2D eigenvalue weighted by molar-refractivity contribution is 0.126. The minimum absolute atomic E-state index is 0.0756. The number of nitrogens with one attached hydrogen (secondary N) is 1. The number of carbonyl (C=O) groups excluding carboxylic acids is 1. The molecule has 3 aliphatic rings. The lowest BCUT2D eigenvalue weighted by Gasteiger charge is -2.26. The average Bonchev–Trinajstić information content (AvgIpc) is 2.78. The smallest absolute Gasteiger partial charge is 0.410 e. The summed E-state index contributed by atoms with van der Waals surface area (Å²) in [6.07, 6.45) is 4.61. The second-order valence-corrected chi connectivity index (χ2v) is 4.47. The quantitative estimate of drug-likeness (QED) is 0.672. The van der Waals surface area contributed by atoms with Gasteiger partial charge in [-0.05, 0) is 32.2 Å². The molecule has 0 radical (unpaired) electrons. The first-order valence-electron chi connectivity index (χ1n) is 5.56. The predicted molar refractivity (Wildman–Crippen MR) is 51.0 cm³/mol. The van der Waals surface area contributed by atoms with Crippen LogP contribution in [0.15, 0.2) is 0 Å². The molecule has 0 aromatic heterocycles. The fourth-order valence-electron chi connectivity index (χ4n) is 2.98. The highest BCUT2D eigenvalue weighted by Gasteiger charge is 2.47. The van der Waals surface area contributed by atoms with Crippen molar-refractivity contribution in [3.63, 3.8) is 0 Å². The normalized spacial score (nSPS) is 41.6. The minimum atomic E-state index is -0.0756. The highest BCUT2D eigenvalue weighted by Crippen LogP contribution is 2.35. The Morgan fingerprint density at radius 2 is 2.29 bits per heavy atom. The first-order chi connectivity index (χ1) is 6.86. The van der Waals surface area contributed by atoms with Crippen molar-refractivity contribution in [1.29, 1.82) is 0 Å². The molecule has 2 saturated heterocycles. The highest BCUT2D eigenvalue weighted by atomic mass is 16.6. The number of carbonyl (C=O) groups is 1.